The molecule has 0 spiro atoms. The van der Waals surface area contributed by atoms with Crippen LogP contribution in [0.3, 0.4) is 0 Å². The van der Waals surface area contributed by atoms with Crippen LogP contribution in [0.25, 0.3) is 0 Å². The highest BCUT2D eigenvalue weighted by atomic mass is 16.5. The zero-order valence-electron chi connectivity index (χ0n) is 13.7. The summed E-state index contributed by atoms with van der Waals surface area (Å²) in [5, 5.41) is 3.56. The number of hydrogen-bond donors (Lipinski definition) is 2. The number of nitrogens with two attached hydrogens (primary N) is 1. The molecule has 0 aliphatic heterocycles. The summed E-state index contributed by atoms with van der Waals surface area (Å²) >= 11 is 0. The predicted molar refractivity (Wildman–Crippen MR) is 89.3 cm³/mol. The maximum absolute atomic E-state index is 5.77. The Bertz CT molecular complexity index is 699. The normalized spacial score (nSPS) is 15.3. The molecule has 0 unspecified atom stereocenters. The van der Waals surface area contributed by atoms with Crippen LogP contribution in [0.15, 0.2) is 24.3 Å². The summed E-state index contributed by atoms with van der Waals surface area (Å²) in [6.07, 6.45) is 2.17. The van der Waals surface area contributed by atoms with Crippen molar-refractivity contribution in [1.29, 1.82) is 0 Å². The van der Waals surface area contributed by atoms with Gasteiger partial charge < -0.3 is 20.7 Å². The van der Waals surface area contributed by atoms with Crippen LogP contribution in [0.1, 0.15) is 24.2 Å². The molecule has 1 saturated carbocycles. The fourth-order valence-electron chi connectivity index (χ4n) is 2.57. The molecular weight excluding hydrogens is 292 g/mol. The highest BCUT2D eigenvalue weighted by Gasteiger charge is 2.44. The van der Waals surface area contributed by atoms with Crippen LogP contribution >= 0.6 is 0 Å². The van der Waals surface area contributed by atoms with Crippen molar-refractivity contribution < 1.29 is 4.74 Å². The van der Waals surface area contributed by atoms with Crippen LogP contribution in [0, 0.1) is 0 Å². The highest BCUT2D eigenvalue weighted by Crippen LogP contribution is 2.46. The first kappa shape index (κ1) is 15.5. The van der Waals surface area contributed by atoms with E-state index in [1.807, 2.05) is 31.1 Å². The minimum absolute atomic E-state index is 0.0196. The van der Waals surface area contributed by atoms with Gasteiger partial charge >= 0.3 is 0 Å². The number of aromatic nitrogens is 3. The van der Waals surface area contributed by atoms with Crippen molar-refractivity contribution in [2.24, 2.45) is 0 Å². The molecule has 0 radical (unpaired) electrons. The molecule has 1 fully saturated rings. The van der Waals surface area contributed by atoms with Crippen molar-refractivity contribution in [3.8, 4) is 5.75 Å². The third-order valence-corrected chi connectivity index (χ3v) is 4.04. The second-order valence-electron chi connectivity index (χ2n) is 5.97. The molecule has 1 aliphatic carbocycles. The van der Waals surface area contributed by atoms with Gasteiger partial charge in [-0.1, -0.05) is 12.1 Å². The number of methoxy groups -OCH3 is 1. The molecule has 0 amide bonds. The molecule has 122 valence electrons. The zero-order chi connectivity index (χ0) is 16.4. The number of rotatable bonds is 6. The van der Waals surface area contributed by atoms with Crippen molar-refractivity contribution >= 4 is 11.9 Å². The van der Waals surface area contributed by atoms with Gasteiger partial charge in [0.1, 0.15) is 11.6 Å². The Morgan fingerprint density at radius 2 is 2.04 bits per heavy atom. The van der Waals surface area contributed by atoms with Crippen LogP contribution in [0.2, 0.25) is 0 Å². The largest absolute Gasteiger partial charge is 0.497 e. The van der Waals surface area contributed by atoms with E-state index in [2.05, 4.69) is 32.4 Å². The van der Waals surface area contributed by atoms with Crippen LogP contribution in [0.5, 0.6) is 5.75 Å². The Hall–Kier alpha value is -2.41. The number of hydrogen-bond acceptors (Lipinski definition) is 7. The fraction of sp³-hybridized carbons (Fsp3) is 0.438. The van der Waals surface area contributed by atoms with E-state index in [4.69, 9.17) is 10.5 Å². The lowest BCUT2D eigenvalue weighted by atomic mass is 10.0. The van der Waals surface area contributed by atoms with Gasteiger partial charge in [-0.15, -0.1) is 0 Å². The van der Waals surface area contributed by atoms with Gasteiger partial charge in [-0.3, -0.25) is 0 Å². The van der Waals surface area contributed by atoms with Crippen LogP contribution < -0.4 is 20.7 Å². The number of nitrogens with one attached hydrogen (secondary N) is 1. The fourth-order valence-corrected chi connectivity index (χ4v) is 2.57. The minimum Gasteiger partial charge on any atom is -0.497 e. The lowest BCUT2D eigenvalue weighted by Crippen LogP contribution is -2.29. The van der Waals surface area contributed by atoms with Crippen LogP contribution in [-0.2, 0) is 12.1 Å². The highest BCUT2D eigenvalue weighted by molar-refractivity contribution is 5.37. The molecule has 3 N–H and O–H groups in total. The molecule has 23 heavy (non-hydrogen) atoms. The van der Waals surface area contributed by atoms with Crippen molar-refractivity contribution in [2.75, 3.05) is 31.8 Å². The van der Waals surface area contributed by atoms with Gasteiger partial charge in [0.05, 0.1) is 13.7 Å². The Morgan fingerprint density at radius 3 is 2.70 bits per heavy atom. The topological polar surface area (TPSA) is 89.2 Å². The summed E-state index contributed by atoms with van der Waals surface area (Å²) in [5.41, 5.74) is 6.98. The molecule has 7 heteroatoms. The monoisotopic (exact) mass is 314 g/mol. The van der Waals surface area contributed by atoms with Crippen LogP contribution in [-0.4, -0.2) is 36.2 Å². The van der Waals surface area contributed by atoms with Gasteiger partial charge in [0, 0.05) is 19.6 Å². The lowest BCUT2D eigenvalue weighted by Gasteiger charge is -2.19. The molecule has 7 nitrogen and oxygen atoms in total. The van der Waals surface area contributed by atoms with Crippen molar-refractivity contribution in [3.63, 3.8) is 0 Å². The van der Waals surface area contributed by atoms with E-state index < -0.39 is 0 Å². The van der Waals surface area contributed by atoms with Crippen molar-refractivity contribution in [3.05, 3.63) is 35.7 Å². The second kappa shape index (κ2) is 6.00. The molecule has 1 aromatic heterocycles. The number of nitrogen functional groups attached to an aromatic ring is 1. The van der Waals surface area contributed by atoms with E-state index in [1.54, 1.807) is 7.11 Å². The van der Waals surface area contributed by atoms with E-state index in [1.165, 1.54) is 5.56 Å². The molecule has 3 rings (SSSR count). The van der Waals surface area contributed by atoms with Crippen LogP contribution in [0.4, 0.5) is 11.9 Å². The average molecular weight is 314 g/mol. The van der Waals surface area contributed by atoms with E-state index in [0.717, 1.165) is 18.6 Å². The maximum atomic E-state index is 5.77. The smallest absolute Gasteiger partial charge is 0.229 e. The molecule has 0 saturated heterocycles. The third kappa shape index (κ3) is 3.34. The van der Waals surface area contributed by atoms with Crippen molar-refractivity contribution in [2.45, 2.75) is 24.9 Å². The van der Waals surface area contributed by atoms with Gasteiger partial charge in [-0.25, -0.2) is 0 Å². The Labute approximate surface area is 135 Å². The first-order valence-corrected chi connectivity index (χ1v) is 7.60. The molecule has 1 aliphatic rings. The predicted octanol–water partition coefficient (Wildman–Crippen LogP) is 1.31. The summed E-state index contributed by atoms with van der Waals surface area (Å²) < 4.78 is 5.32. The lowest BCUT2D eigenvalue weighted by molar-refractivity contribution is 0.412. The Kier molecular flexibility index (Phi) is 4.04. The number of ether oxygens (including phenoxy) is 1. The van der Waals surface area contributed by atoms with E-state index >= 15 is 0 Å². The number of benzene rings is 1. The van der Waals surface area contributed by atoms with Gasteiger partial charge in [0.15, 0.2) is 0 Å². The molecular formula is C16H22N6O. The maximum Gasteiger partial charge on any atom is 0.229 e. The summed E-state index contributed by atoms with van der Waals surface area (Å²) in [5.74, 6) is 2.33. The van der Waals surface area contributed by atoms with Gasteiger partial charge in [-0.05, 0) is 30.5 Å². The van der Waals surface area contributed by atoms with Crippen molar-refractivity contribution in [1.82, 2.24) is 20.3 Å². The average Bonchev–Trinajstić information content (AvgIpc) is 3.34. The quantitative estimate of drug-likeness (QED) is 0.831. The Morgan fingerprint density at radius 1 is 1.26 bits per heavy atom. The van der Waals surface area contributed by atoms with E-state index in [0.29, 0.717) is 18.3 Å². The van der Waals surface area contributed by atoms with Gasteiger partial charge in [0.25, 0.3) is 0 Å². The van der Waals surface area contributed by atoms with Gasteiger partial charge in [0.2, 0.25) is 11.9 Å². The zero-order valence-corrected chi connectivity index (χ0v) is 13.7. The summed E-state index contributed by atoms with van der Waals surface area (Å²) in [4.78, 5) is 14.6. The second-order valence-corrected chi connectivity index (χ2v) is 5.97. The number of nitrogens with zero attached hydrogens (tertiary/aromatic N) is 4. The van der Waals surface area contributed by atoms with E-state index in [-0.39, 0.29) is 11.5 Å². The summed E-state index contributed by atoms with van der Waals surface area (Å²) in [6, 6.07) is 8.17. The molecule has 0 atom stereocenters. The molecule has 0 bridgehead atoms. The SMILES string of the molecule is COc1cccc(C2(NCc3nc(N)nc(N(C)C)n3)CC2)c1. The molecule has 2 aromatic rings. The summed E-state index contributed by atoms with van der Waals surface area (Å²) in [7, 11) is 5.44. The first-order valence-electron chi connectivity index (χ1n) is 7.60. The minimum atomic E-state index is -0.0196. The molecule has 1 aromatic carbocycles. The molecule has 1 heterocycles. The first-order chi connectivity index (χ1) is 11.0. The van der Waals surface area contributed by atoms with E-state index in [9.17, 15) is 0 Å². The standard InChI is InChI=1S/C16H22N6O/c1-22(2)15-20-13(19-14(17)21-15)10-18-16(7-8-16)11-5-4-6-12(9-11)23-3/h4-6,9,18H,7-8,10H2,1-3H3,(H2,17,19,20,21). The third-order valence-electron chi connectivity index (χ3n) is 4.04. The van der Waals surface area contributed by atoms with Gasteiger partial charge in [-0.2, -0.15) is 15.0 Å². The summed E-state index contributed by atoms with van der Waals surface area (Å²) in [6.45, 7) is 0.546. The Balaban J connectivity index is 1.75. The number of anilines is 2.